The summed E-state index contributed by atoms with van der Waals surface area (Å²) in [7, 11) is 0. The molecule has 2 rings (SSSR count). The summed E-state index contributed by atoms with van der Waals surface area (Å²) in [6, 6.07) is 2.93. The molecule has 8 nitrogen and oxygen atoms in total. The van der Waals surface area contributed by atoms with E-state index < -0.39 is 4.92 Å². The maximum Gasteiger partial charge on any atom is 0.298 e. The molecule has 0 saturated carbocycles. The third-order valence-corrected chi connectivity index (χ3v) is 4.11. The van der Waals surface area contributed by atoms with Gasteiger partial charge in [0.2, 0.25) is 0 Å². The molecule has 0 amide bonds. The van der Waals surface area contributed by atoms with Crippen molar-refractivity contribution in [3.8, 4) is 0 Å². The van der Waals surface area contributed by atoms with E-state index in [2.05, 4.69) is 17.1 Å². The zero-order valence-corrected chi connectivity index (χ0v) is 11.7. The molecule has 3 N–H and O–H groups in total. The maximum absolute atomic E-state index is 10.9. The Bertz CT molecular complexity index is 551. The fourth-order valence-electron chi connectivity index (χ4n) is 2.03. The summed E-state index contributed by atoms with van der Waals surface area (Å²) in [5.41, 5.74) is 5.08. The minimum Gasteiger partial charge on any atom is -0.409 e. The van der Waals surface area contributed by atoms with E-state index in [0.29, 0.717) is 11.1 Å². The topological polar surface area (TPSA) is 118 Å². The minimum absolute atomic E-state index is 0.110. The molecule has 1 aliphatic rings. The van der Waals surface area contributed by atoms with Crippen LogP contribution in [0.4, 0.5) is 11.5 Å². The first-order chi connectivity index (χ1) is 9.52. The van der Waals surface area contributed by atoms with Crippen molar-refractivity contribution in [2.24, 2.45) is 10.9 Å². The van der Waals surface area contributed by atoms with Gasteiger partial charge in [-0.3, -0.25) is 10.1 Å². The summed E-state index contributed by atoms with van der Waals surface area (Å²) in [4.78, 5) is 16.6. The number of nitrogens with two attached hydrogens (primary N) is 1. The van der Waals surface area contributed by atoms with Crippen molar-refractivity contribution in [3.05, 3.63) is 27.9 Å². The standard InChI is InChI=1S/C11H15N5O3S/c1-7-6-15(4-5-20-7)9-3-2-8(16(18)19)10(13-9)11(12)14-17/h2-3,7,17H,4-6H2,1H3,(H2,12,14). The van der Waals surface area contributed by atoms with E-state index in [0.717, 1.165) is 18.8 Å². The molecular formula is C11H15N5O3S. The third kappa shape index (κ3) is 2.93. The number of rotatable bonds is 3. The number of hydrogen-bond acceptors (Lipinski definition) is 7. The number of thioether (sulfide) groups is 1. The second-order valence-electron chi connectivity index (χ2n) is 4.41. The van der Waals surface area contributed by atoms with E-state index in [4.69, 9.17) is 10.9 Å². The monoisotopic (exact) mass is 297 g/mol. The van der Waals surface area contributed by atoms with Gasteiger partial charge < -0.3 is 15.8 Å². The average molecular weight is 297 g/mol. The first-order valence-corrected chi connectivity index (χ1v) is 7.07. The van der Waals surface area contributed by atoms with Gasteiger partial charge in [0, 0.05) is 30.2 Å². The van der Waals surface area contributed by atoms with Gasteiger partial charge in [0.1, 0.15) is 5.82 Å². The second-order valence-corrected chi connectivity index (χ2v) is 5.95. The molecule has 1 aliphatic heterocycles. The van der Waals surface area contributed by atoms with Crippen molar-refractivity contribution in [1.29, 1.82) is 0 Å². The molecule has 0 radical (unpaired) electrons. The SMILES string of the molecule is CC1CN(c2ccc([N+](=O)[O-])c(/C(N)=N/O)n2)CCS1. The van der Waals surface area contributed by atoms with Gasteiger partial charge in [-0.2, -0.15) is 11.8 Å². The summed E-state index contributed by atoms with van der Waals surface area (Å²) in [6.07, 6.45) is 0. The lowest BCUT2D eigenvalue weighted by molar-refractivity contribution is -0.385. The van der Waals surface area contributed by atoms with E-state index in [-0.39, 0.29) is 17.2 Å². The summed E-state index contributed by atoms with van der Waals surface area (Å²) in [6.45, 7) is 3.74. The van der Waals surface area contributed by atoms with E-state index >= 15 is 0 Å². The zero-order chi connectivity index (χ0) is 14.7. The molecule has 0 aliphatic carbocycles. The number of anilines is 1. The lowest BCUT2D eigenvalue weighted by Gasteiger charge is -2.31. The highest BCUT2D eigenvalue weighted by molar-refractivity contribution is 8.00. The molecule has 1 aromatic heterocycles. The Morgan fingerprint density at radius 1 is 1.70 bits per heavy atom. The van der Waals surface area contributed by atoms with E-state index in [9.17, 15) is 10.1 Å². The van der Waals surface area contributed by atoms with Crippen LogP contribution >= 0.6 is 11.8 Å². The van der Waals surface area contributed by atoms with Gasteiger partial charge in [-0.1, -0.05) is 12.1 Å². The van der Waals surface area contributed by atoms with Crippen LogP contribution in [0.2, 0.25) is 0 Å². The highest BCUT2D eigenvalue weighted by atomic mass is 32.2. The molecule has 0 bridgehead atoms. The van der Waals surface area contributed by atoms with Gasteiger partial charge in [0.25, 0.3) is 5.69 Å². The molecule has 1 saturated heterocycles. The number of pyridine rings is 1. The lowest BCUT2D eigenvalue weighted by Crippen LogP contribution is -2.37. The van der Waals surface area contributed by atoms with Crippen molar-refractivity contribution in [1.82, 2.24) is 4.98 Å². The first-order valence-electron chi connectivity index (χ1n) is 6.02. The minimum atomic E-state index is -0.598. The molecule has 2 heterocycles. The van der Waals surface area contributed by atoms with Crippen molar-refractivity contribution in [2.45, 2.75) is 12.2 Å². The Balaban J connectivity index is 2.39. The van der Waals surface area contributed by atoms with Gasteiger partial charge in [-0.25, -0.2) is 4.98 Å². The average Bonchev–Trinajstić information content (AvgIpc) is 2.45. The maximum atomic E-state index is 10.9. The van der Waals surface area contributed by atoms with Crippen LogP contribution < -0.4 is 10.6 Å². The van der Waals surface area contributed by atoms with Crippen LogP contribution in [0, 0.1) is 10.1 Å². The van der Waals surface area contributed by atoms with Gasteiger partial charge in [0.05, 0.1) is 4.92 Å². The summed E-state index contributed by atoms with van der Waals surface area (Å²) < 4.78 is 0. The number of oxime groups is 1. The fourth-order valence-corrected chi connectivity index (χ4v) is 3.04. The smallest absolute Gasteiger partial charge is 0.298 e. The lowest BCUT2D eigenvalue weighted by atomic mass is 10.2. The number of hydrogen-bond donors (Lipinski definition) is 2. The largest absolute Gasteiger partial charge is 0.409 e. The molecule has 20 heavy (non-hydrogen) atoms. The van der Waals surface area contributed by atoms with Gasteiger partial charge >= 0.3 is 0 Å². The Hall–Kier alpha value is -2.03. The van der Waals surface area contributed by atoms with Crippen molar-refractivity contribution in [3.63, 3.8) is 0 Å². The zero-order valence-electron chi connectivity index (χ0n) is 10.9. The normalized spacial score (nSPS) is 19.9. The highest BCUT2D eigenvalue weighted by Crippen LogP contribution is 2.25. The number of nitro groups is 1. The first kappa shape index (κ1) is 14.4. The number of amidine groups is 1. The molecule has 0 aromatic carbocycles. The van der Waals surface area contributed by atoms with Crippen LogP contribution in [0.3, 0.4) is 0 Å². The van der Waals surface area contributed by atoms with Crippen LogP contribution in [0.1, 0.15) is 12.6 Å². The van der Waals surface area contributed by atoms with Gasteiger partial charge in [0.15, 0.2) is 11.5 Å². The molecule has 1 fully saturated rings. The van der Waals surface area contributed by atoms with Crippen LogP contribution in [-0.2, 0) is 0 Å². The molecule has 1 unspecified atom stereocenters. The van der Waals surface area contributed by atoms with Gasteiger partial charge in [-0.05, 0) is 6.07 Å². The summed E-state index contributed by atoms with van der Waals surface area (Å²) in [5, 5.41) is 22.9. The van der Waals surface area contributed by atoms with E-state index in [1.54, 1.807) is 6.07 Å². The third-order valence-electron chi connectivity index (χ3n) is 2.97. The predicted octanol–water partition coefficient (Wildman–Crippen LogP) is 1.03. The number of nitrogens with zero attached hydrogens (tertiary/aromatic N) is 4. The van der Waals surface area contributed by atoms with E-state index in [1.807, 2.05) is 16.7 Å². The van der Waals surface area contributed by atoms with Crippen LogP contribution in [0.25, 0.3) is 0 Å². The van der Waals surface area contributed by atoms with Crippen LogP contribution in [0.15, 0.2) is 17.3 Å². The Morgan fingerprint density at radius 2 is 2.45 bits per heavy atom. The Morgan fingerprint density at radius 3 is 3.05 bits per heavy atom. The van der Waals surface area contributed by atoms with Crippen LogP contribution in [-0.4, -0.2) is 45.0 Å². The van der Waals surface area contributed by atoms with E-state index in [1.165, 1.54) is 6.07 Å². The molecule has 108 valence electrons. The highest BCUT2D eigenvalue weighted by Gasteiger charge is 2.23. The Kier molecular flexibility index (Phi) is 4.28. The van der Waals surface area contributed by atoms with Crippen molar-refractivity contribution in [2.75, 3.05) is 23.7 Å². The molecule has 1 atom stereocenters. The molecule has 1 aromatic rings. The fraction of sp³-hybridized carbons (Fsp3) is 0.455. The summed E-state index contributed by atoms with van der Waals surface area (Å²) in [5.74, 6) is 1.21. The molecule has 0 spiro atoms. The second kappa shape index (κ2) is 5.95. The molecular weight excluding hydrogens is 282 g/mol. The van der Waals surface area contributed by atoms with Crippen molar-refractivity contribution < 1.29 is 10.1 Å². The van der Waals surface area contributed by atoms with Crippen LogP contribution in [0.5, 0.6) is 0 Å². The quantitative estimate of drug-likeness (QED) is 0.281. The van der Waals surface area contributed by atoms with Gasteiger partial charge in [-0.15, -0.1) is 0 Å². The predicted molar refractivity (Wildman–Crippen MR) is 77.5 cm³/mol. The van der Waals surface area contributed by atoms with Crippen molar-refractivity contribution >= 4 is 29.1 Å². The Labute approximate surface area is 119 Å². The molecule has 9 heteroatoms. The number of aromatic nitrogens is 1. The summed E-state index contributed by atoms with van der Waals surface area (Å²) >= 11 is 1.87.